The largest absolute Gasteiger partial charge is 0.294 e. The molecule has 0 amide bonds. The van der Waals surface area contributed by atoms with Crippen molar-refractivity contribution in [3.8, 4) is 0 Å². The van der Waals surface area contributed by atoms with Gasteiger partial charge in [0.05, 0.1) is 0 Å². The van der Waals surface area contributed by atoms with E-state index in [0.29, 0.717) is 29.0 Å². The van der Waals surface area contributed by atoms with Crippen molar-refractivity contribution < 1.29 is 9.59 Å². The molecule has 0 bridgehead atoms. The van der Waals surface area contributed by atoms with Gasteiger partial charge in [0.1, 0.15) is 5.25 Å². The summed E-state index contributed by atoms with van der Waals surface area (Å²) >= 11 is 0. The van der Waals surface area contributed by atoms with Crippen LogP contribution in [0.25, 0.3) is 0 Å². The van der Waals surface area contributed by atoms with Crippen molar-refractivity contribution in [2.45, 2.75) is 81.6 Å². The fourth-order valence-electron chi connectivity index (χ4n) is 3.38. The van der Waals surface area contributed by atoms with Crippen LogP contribution in [0.2, 0.25) is 0 Å². The topological polar surface area (TPSA) is 34.1 Å². The summed E-state index contributed by atoms with van der Waals surface area (Å²) < 4.78 is 0. The van der Waals surface area contributed by atoms with Gasteiger partial charge >= 0.3 is 0 Å². The zero-order chi connectivity index (χ0) is 13.7. The van der Waals surface area contributed by atoms with E-state index in [2.05, 4.69) is 0 Å². The third-order valence-corrected chi connectivity index (χ3v) is 7.78. The van der Waals surface area contributed by atoms with Crippen LogP contribution in [0.5, 0.6) is 0 Å². The molecular weight excluding hydrogens is 256 g/mol. The van der Waals surface area contributed by atoms with Crippen molar-refractivity contribution in [1.29, 1.82) is 0 Å². The Morgan fingerprint density at radius 1 is 1.11 bits per heavy atom. The molecule has 2 saturated carbocycles. The molecular formula is C16H27O2S+. The lowest BCUT2D eigenvalue weighted by atomic mass is 9.99. The summed E-state index contributed by atoms with van der Waals surface area (Å²) in [7, 11) is 0.0435. The highest BCUT2D eigenvalue weighted by Gasteiger charge is 2.44. The van der Waals surface area contributed by atoms with E-state index in [9.17, 15) is 9.59 Å². The number of carbonyl (C=O) groups excluding carboxylic acids is 2. The first-order valence-electron chi connectivity index (χ1n) is 7.95. The number of hydrogen-bond acceptors (Lipinski definition) is 2. The van der Waals surface area contributed by atoms with E-state index >= 15 is 0 Å². The lowest BCUT2D eigenvalue weighted by Crippen LogP contribution is -2.43. The van der Waals surface area contributed by atoms with Gasteiger partial charge in [0, 0.05) is 30.2 Å². The van der Waals surface area contributed by atoms with Gasteiger partial charge in [-0.3, -0.25) is 9.59 Å². The lowest BCUT2D eigenvalue weighted by molar-refractivity contribution is -0.119. The summed E-state index contributed by atoms with van der Waals surface area (Å²) in [6, 6.07) is 0. The Hall–Kier alpha value is -0.310. The van der Waals surface area contributed by atoms with E-state index in [4.69, 9.17) is 0 Å². The van der Waals surface area contributed by atoms with Crippen LogP contribution < -0.4 is 0 Å². The molecule has 2 unspecified atom stereocenters. The molecule has 19 heavy (non-hydrogen) atoms. The highest BCUT2D eigenvalue weighted by Crippen LogP contribution is 2.33. The first kappa shape index (κ1) is 15.1. The summed E-state index contributed by atoms with van der Waals surface area (Å²) in [5.41, 5.74) is 0. The Kier molecular flexibility index (Phi) is 5.93. The fraction of sp³-hybridized carbons (Fsp3) is 0.875. The first-order chi connectivity index (χ1) is 9.22. The van der Waals surface area contributed by atoms with Crippen LogP contribution in [0.4, 0.5) is 0 Å². The molecule has 2 aliphatic carbocycles. The molecule has 0 spiro atoms. The van der Waals surface area contributed by atoms with Crippen molar-refractivity contribution in [2.24, 2.45) is 0 Å². The standard InChI is InChI=1S/C16H27O2S/c1-2-13(17)12-19(14-8-4-3-5-9-14)16-11-7-6-10-15(16)18/h14,16H,2-12H2,1H3/q+1. The van der Waals surface area contributed by atoms with Crippen LogP contribution in [0, 0.1) is 0 Å². The Labute approximate surface area is 120 Å². The maximum absolute atomic E-state index is 12.2. The zero-order valence-corrected chi connectivity index (χ0v) is 13.0. The Morgan fingerprint density at radius 3 is 2.42 bits per heavy atom. The van der Waals surface area contributed by atoms with Gasteiger partial charge in [-0.05, 0) is 38.5 Å². The minimum absolute atomic E-state index is 0.0435. The van der Waals surface area contributed by atoms with Crippen LogP contribution in [0.3, 0.4) is 0 Å². The zero-order valence-electron chi connectivity index (χ0n) is 12.2. The van der Waals surface area contributed by atoms with Crippen LogP contribution in [-0.4, -0.2) is 27.8 Å². The molecule has 2 nitrogen and oxygen atoms in total. The predicted octanol–water partition coefficient (Wildman–Crippen LogP) is 3.43. The van der Waals surface area contributed by atoms with Gasteiger partial charge < -0.3 is 0 Å². The fourth-order valence-corrected chi connectivity index (χ4v) is 6.72. The molecule has 0 aromatic heterocycles. The van der Waals surface area contributed by atoms with E-state index in [1.807, 2.05) is 6.92 Å². The quantitative estimate of drug-likeness (QED) is 0.724. The second-order valence-corrected chi connectivity index (χ2v) is 8.43. The third-order valence-electron chi connectivity index (χ3n) is 4.57. The van der Waals surface area contributed by atoms with Crippen LogP contribution >= 0.6 is 0 Å². The van der Waals surface area contributed by atoms with Gasteiger partial charge in [-0.1, -0.05) is 13.3 Å². The molecule has 0 aromatic rings. The van der Waals surface area contributed by atoms with Gasteiger partial charge in [0.2, 0.25) is 0 Å². The Bertz CT molecular complexity index is 321. The molecule has 0 saturated heterocycles. The molecule has 2 rings (SSSR count). The summed E-state index contributed by atoms with van der Waals surface area (Å²) in [4.78, 5) is 24.2. The SMILES string of the molecule is CCC(=O)C[S+](C1CCCCC1)C1CCCCC1=O. The van der Waals surface area contributed by atoms with Gasteiger partial charge in [-0.25, -0.2) is 0 Å². The van der Waals surface area contributed by atoms with Gasteiger partial charge in [0.25, 0.3) is 0 Å². The van der Waals surface area contributed by atoms with Crippen molar-refractivity contribution >= 4 is 22.5 Å². The first-order valence-corrected chi connectivity index (χ1v) is 9.47. The van der Waals surface area contributed by atoms with Crippen molar-refractivity contribution in [1.82, 2.24) is 0 Å². The maximum atomic E-state index is 12.2. The minimum Gasteiger partial charge on any atom is -0.294 e. The van der Waals surface area contributed by atoms with E-state index in [1.165, 1.54) is 38.5 Å². The average molecular weight is 283 g/mol. The number of Topliss-reactive ketones (excluding diaryl/α,β-unsaturated/α-hetero) is 2. The van der Waals surface area contributed by atoms with E-state index in [0.717, 1.165) is 19.3 Å². The van der Waals surface area contributed by atoms with E-state index in [1.54, 1.807) is 0 Å². The smallest absolute Gasteiger partial charge is 0.184 e. The van der Waals surface area contributed by atoms with Gasteiger partial charge in [-0.2, -0.15) is 0 Å². The molecule has 2 aliphatic rings. The van der Waals surface area contributed by atoms with Crippen molar-refractivity contribution in [3.05, 3.63) is 0 Å². The molecule has 0 heterocycles. The summed E-state index contributed by atoms with van der Waals surface area (Å²) in [5.74, 6) is 1.52. The normalized spacial score (nSPS) is 27.2. The van der Waals surface area contributed by atoms with Crippen molar-refractivity contribution in [2.75, 3.05) is 5.75 Å². The Balaban J connectivity index is 2.07. The molecule has 108 valence electrons. The van der Waals surface area contributed by atoms with Crippen LogP contribution in [-0.2, 0) is 20.5 Å². The summed E-state index contributed by atoms with van der Waals surface area (Å²) in [5, 5.41) is 0.892. The highest BCUT2D eigenvalue weighted by atomic mass is 32.2. The molecule has 0 radical (unpaired) electrons. The number of carbonyl (C=O) groups is 2. The number of hydrogen-bond donors (Lipinski definition) is 0. The molecule has 0 N–H and O–H groups in total. The summed E-state index contributed by atoms with van der Waals surface area (Å²) in [6.45, 7) is 1.95. The van der Waals surface area contributed by atoms with Crippen molar-refractivity contribution in [3.63, 3.8) is 0 Å². The second-order valence-electron chi connectivity index (χ2n) is 5.97. The molecule has 2 atom stereocenters. The molecule has 0 aliphatic heterocycles. The van der Waals surface area contributed by atoms with Gasteiger partial charge in [-0.15, -0.1) is 0 Å². The monoisotopic (exact) mass is 283 g/mol. The lowest BCUT2D eigenvalue weighted by Gasteiger charge is -2.29. The van der Waals surface area contributed by atoms with Gasteiger partial charge in [0.15, 0.2) is 22.6 Å². The molecule has 3 heteroatoms. The predicted molar refractivity (Wildman–Crippen MR) is 81.7 cm³/mol. The van der Waals surface area contributed by atoms with E-state index < -0.39 is 0 Å². The highest BCUT2D eigenvalue weighted by molar-refractivity contribution is 7.99. The number of ketones is 2. The van der Waals surface area contributed by atoms with E-state index in [-0.39, 0.29) is 16.1 Å². The minimum atomic E-state index is 0.0435. The number of rotatable bonds is 5. The maximum Gasteiger partial charge on any atom is 0.184 e. The van der Waals surface area contributed by atoms with Crippen LogP contribution in [0.15, 0.2) is 0 Å². The molecule has 2 fully saturated rings. The second kappa shape index (κ2) is 7.47. The Morgan fingerprint density at radius 2 is 1.79 bits per heavy atom. The average Bonchev–Trinajstić information content (AvgIpc) is 2.46. The molecule has 0 aromatic carbocycles. The van der Waals surface area contributed by atoms with Crippen LogP contribution in [0.1, 0.15) is 71.1 Å². The third kappa shape index (κ3) is 4.08. The summed E-state index contributed by atoms with van der Waals surface area (Å²) in [6.07, 6.45) is 11.2.